The quantitative estimate of drug-likeness (QED) is 0.396. The predicted octanol–water partition coefficient (Wildman–Crippen LogP) is 3.87. The molecule has 4 aliphatic heterocycles. The highest BCUT2D eigenvalue weighted by atomic mass is 35.5. The topological polar surface area (TPSA) is 141 Å². The number of benzene rings is 2. The maximum Gasteiger partial charge on any atom is 0.303 e. The Labute approximate surface area is 336 Å². The van der Waals surface area contributed by atoms with Gasteiger partial charge >= 0.3 is 10.2 Å². The van der Waals surface area contributed by atoms with Gasteiger partial charge < -0.3 is 29.1 Å². The van der Waals surface area contributed by atoms with Gasteiger partial charge in [0.2, 0.25) is 5.91 Å². The molecule has 15 heteroatoms. The van der Waals surface area contributed by atoms with Crippen molar-refractivity contribution in [2.24, 2.45) is 11.8 Å². The van der Waals surface area contributed by atoms with Crippen molar-refractivity contribution in [3.63, 3.8) is 0 Å². The van der Waals surface area contributed by atoms with Crippen molar-refractivity contribution in [1.29, 1.82) is 0 Å². The lowest BCUT2D eigenvalue weighted by Crippen LogP contribution is -2.55. The van der Waals surface area contributed by atoms with Gasteiger partial charge in [0.05, 0.1) is 38.0 Å². The molecule has 0 spiro atoms. The normalized spacial score (nSPS) is 27.7. The molecule has 7 rings (SSSR count). The molecule has 2 N–H and O–H groups in total. The average Bonchev–Trinajstić information content (AvgIpc) is 3.16. The summed E-state index contributed by atoms with van der Waals surface area (Å²) in [7, 11) is -2.59. The number of ether oxygens (including phenoxy) is 3. The van der Waals surface area contributed by atoms with E-state index in [0.717, 1.165) is 80.4 Å². The monoisotopic (exact) mass is 813 g/mol. The van der Waals surface area contributed by atoms with Gasteiger partial charge in [-0.3, -0.25) is 14.5 Å². The first-order chi connectivity index (χ1) is 27.0. The summed E-state index contributed by atoms with van der Waals surface area (Å²) < 4.78 is 48.3. The summed E-state index contributed by atoms with van der Waals surface area (Å²) in [6.07, 6.45) is 9.35. The van der Waals surface area contributed by atoms with Crippen molar-refractivity contribution in [2.45, 2.75) is 69.7 Å². The zero-order valence-electron chi connectivity index (χ0n) is 32.4. The van der Waals surface area contributed by atoms with E-state index in [1.807, 2.05) is 18.2 Å². The van der Waals surface area contributed by atoms with Crippen LogP contribution in [0.15, 0.2) is 48.6 Å². The molecule has 56 heavy (non-hydrogen) atoms. The highest BCUT2D eigenvalue weighted by Gasteiger charge is 2.45. The molecular formula is C41H56ClN5O8S. The van der Waals surface area contributed by atoms with E-state index in [-0.39, 0.29) is 37.3 Å². The summed E-state index contributed by atoms with van der Waals surface area (Å²) in [5, 5.41) is 13.1. The second-order valence-corrected chi connectivity index (χ2v) is 17.9. The minimum Gasteiger partial charge on any atom is -0.487 e. The molecule has 1 saturated carbocycles. The van der Waals surface area contributed by atoms with Crippen LogP contribution < -0.4 is 14.4 Å². The number of fused-ring (bicyclic) bond motifs is 3. The lowest BCUT2D eigenvalue weighted by molar-refractivity contribution is -0.148. The van der Waals surface area contributed by atoms with E-state index in [4.69, 9.17) is 25.8 Å². The van der Waals surface area contributed by atoms with Gasteiger partial charge in [-0.25, -0.2) is 4.72 Å². The van der Waals surface area contributed by atoms with E-state index in [1.165, 1.54) is 4.90 Å². The SMILES string of the molecule is CN1CC/C=C/[C@H](OCCN2CCOCC2)[C@@H]2CC[C@H]2CN2CCCCc3cc(Cl)ccc3COc3ccc(cc32)[C@@](O)(C(=O)NS(=O)(=O)N2CCC2)CC1=O. The summed E-state index contributed by atoms with van der Waals surface area (Å²) in [6.45, 7) is 7.27. The number of hydrogen-bond donors (Lipinski definition) is 2. The lowest BCUT2D eigenvalue weighted by Gasteiger charge is -2.44. The molecule has 2 bridgehead atoms. The Morgan fingerprint density at radius 1 is 1.02 bits per heavy atom. The largest absolute Gasteiger partial charge is 0.487 e. The third-order valence-electron chi connectivity index (χ3n) is 12.2. The first-order valence-corrected chi connectivity index (χ1v) is 22.0. The molecule has 0 aromatic heterocycles. The molecule has 5 aliphatic rings. The molecule has 2 saturated heterocycles. The van der Waals surface area contributed by atoms with Gasteiger partial charge in [0.25, 0.3) is 5.91 Å². The van der Waals surface area contributed by atoms with E-state index in [2.05, 4.69) is 26.7 Å². The molecule has 13 nitrogen and oxygen atoms in total. The Bertz CT molecular complexity index is 1850. The fraction of sp³-hybridized carbons (Fsp3) is 0.610. The highest BCUT2D eigenvalue weighted by molar-refractivity contribution is 7.87. The summed E-state index contributed by atoms with van der Waals surface area (Å²) >= 11 is 6.41. The van der Waals surface area contributed by atoms with Gasteiger partial charge in [0, 0.05) is 64.4 Å². The predicted molar refractivity (Wildman–Crippen MR) is 214 cm³/mol. The molecule has 0 radical (unpaired) electrons. The lowest BCUT2D eigenvalue weighted by atomic mass is 9.70. The number of hydrogen-bond acceptors (Lipinski definition) is 10. The number of morpholine rings is 1. The third-order valence-corrected chi connectivity index (χ3v) is 13.9. The van der Waals surface area contributed by atoms with Gasteiger partial charge in [-0.15, -0.1) is 0 Å². The summed E-state index contributed by atoms with van der Waals surface area (Å²) in [4.78, 5) is 34.0. The number of aryl methyl sites for hydroxylation is 1. The molecule has 3 fully saturated rings. The third kappa shape index (κ3) is 9.54. The molecule has 306 valence electrons. The summed E-state index contributed by atoms with van der Waals surface area (Å²) in [6, 6.07) is 10.9. The van der Waals surface area contributed by atoms with Crippen molar-refractivity contribution in [1.82, 2.24) is 18.8 Å². The minimum absolute atomic E-state index is 0.0870. The number of nitrogens with one attached hydrogen (secondary N) is 1. The molecule has 1 aliphatic carbocycles. The van der Waals surface area contributed by atoms with E-state index in [9.17, 15) is 23.1 Å². The van der Waals surface area contributed by atoms with Crippen LogP contribution in [0.2, 0.25) is 5.02 Å². The van der Waals surface area contributed by atoms with Crippen LogP contribution in [0, 0.1) is 11.8 Å². The van der Waals surface area contributed by atoms with Gasteiger partial charge in [0.15, 0.2) is 5.60 Å². The first-order valence-electron chi connectivity index (χ1n) is 20.2. The molecule has 4 heterocycles. The number of carbonyl (C=O) groups is 2. The van der Waals surface area contributed by atoms with Crippen molar-refractivity contribution in [2.75, 3.05) is 84.1 Å². The molecule has 2 amide bonds. The number of nitrogens with zero attached hydrogens (tertiary/aromatic N) is 4. The minimum atomic E-state index is -4.22. The van der Waals surface area contributed by atoms with Crippen molar-refractivity contribution < 1.29 is 37.3 Å². The molecule has 2 aromatic rings. The Morgan fingerprint density at radius 2 is 1.84 bits per heavy atom. The Hall–Kier alpha value is -3.24. The summed E-state index contributed by atoms with van der Waals surface area (Å²) in [5.41, 5.74) is 0.456. The molecule has 4 atom stereocenters. The second kappa shape index (κ2) is 18.1. The second-order valence-electron chi connectivity index (χ2n) is 15.8. The highest BCUT2D eigenvalue weighted by Crippen LogP contribution is 2.43. The van der Waals surface area contributed by atoms with Crippen LogP contribution in [-0.2, 0) is 47.9 Å². The fourth-order valence-corrected chi connectivity index (χ4v) is 9.75. The zero-order valence-corrected chi connectivity index (χ0v) is 33.9. The fourth-order valence-electron chi connectivity index (χ4n) is 8.28. The van der Waals surface area contributed by atoms with Crippen LogP contribution in [0.3, 0.4) is 0 Å². The first kappa shape index (κ1) is 40.9. The van der Waals surface area contributed by atoms with Crippen LogP contribution in [-0.4, -0.2) is 125 Å². The number of rotatable bonds is 7. The maximum atomic E-state index is 14.1. The van der Waals surface area contributed by atoms with E-state index in [1.54, 1.807) is 25.2 Å². The van der Waals surface area contributed by atoms with Crippen molar-refractivity contribution in [3.05, 3.63) is 70.3 Å². The van der Waals surface area contributed by atoms with E-state index < -0.39 is 34.0 Å². The number of halogens is 1. The van der Waals surface area contributed by atoms with Crippen LogP contribution >= 0.6 is 11.6 Å². The molecule has 2 aromatic carbocycles. The summed E-state index contributed by atoms with van der Waals surface area (Å²) in [5.74, 6) is -0.535. The van der Waals surface area contributed by atoms with Crippen molar-refractivity contribution in [3.8, 4) is 5.75 Å². The van der Waals surface area contributed by atoms with Gasteiger partial charge in [-0.1, -0.05) is 35.9 Å². The number of anilines is 1. The standard InChI is InChI=1S/C41H56ClN5O8S/c1-44-15-4-3-8-37(54-24-21-45-19-22-53-23-20-45)35-13-10-31(35)28-46-16-5-2-7-30-25-34(42)12-9-32(30)29-55-38-14-11-33(26-36(38)46)41(50,27-39(44)48)40(49)43-56(51,52)47-17-6-18-47/h3,8-9,11-12,14,25-26,31,35,37,50H,2,4-7,10,13,15-24,27-29H2,1H3,(H,43,49)/b8-3+/t31-,35+,37-,41+/m0/s1. The van der Waals surface area contributed by atoms with Crippen LogP contribution in [0.1, 0.15) is 61.6 Å². The smallest absolute Gasteiger partial charge is 0.303 e. The maximum absolute atomic E-state index is 14.1. The molecular weight excluding hydrogens is 758 g/mol. The Balaban J connectivity index is 1.24. The van der Waals surface area contributed by atoms with Crippen LogP contribution in [0.5, 0.6) is 5.75 Å². The molecule has 0 unspecified atom stereocenters. The number of aliphatic hydroxyl groups is 1. The van der Waals surface area contributed by atoms with Crippen molar-refractivity contribution >= 4 is 39.3 Å². The Kier molecular flexibility index (Phi) is 13.3. The average molecular weight is 814 g/mol. The van der Waals surface area contributed by atoms with Crippen LogP contribution in [0.4, 0.5) is 5.69 Å². The van der Waals surface area contributed by atoms with E-state index >= 15 is 0 Å². The number of amides is 2. The van der Waals surface area contributed by atoms with Crippen LogP contribution in [0.25, 0.3) is 0 Å². The van der Waals surface area contributed by atoms with Gasteiger partial charge in [-0.2, -0.15) is 12.7 Å². The Morgan fingerprint density at radius 3 is 2.59 bits per heavy atom. The van der Waals surface area contributed by atoms with Gasteiger partial charge in [0.1, 0.15) is 12.4 Å². The van der Waals surface area contributed by atoms with Gasteiger partial charge in [-0.05, 0) is 97.7 Å². The zero-order chi connectivity index (χ0) is 39.3. The number of carbonyl (C=O) groups excluding carboxylic acids is 2. The van der Waals surface area contributed by atoms with E-state index in [0.29, 0.717) is 61.5 Å².